The summed E-state index contributed by atoms with van der Waals surface area (Å²) in [7, 11) is -1.52. The molecule has 0 unspecified atom stereocenters. The lowest BCUT2D eigenvalue weighted by molar-refractivity contribution is -0.137. The number of halogens is 5. The van der Waals surface area contributed by atoms with Gasteiger partial charge in [0.1, 0.15) is 0 Å². The molecule has 0 aliphatic carbocycles. The quantitative estimate of drug-likeness (QED) is 0.327. The van der Waals surface area contributed by atoms with Gasteiger partial charge in [0.05, 0.1) is 5.56 Å². The minimum atomic E-state index is -4.26. The average molecular weight is 435 g/mol. The monoisotopic (exact) mass is 434 g/mol. The second kappa shape index (κ2) is 9.87. The van der Waals surface area contributed by atoms with Gasteiger partial charge in [-0.3, -0.25) is 0 Å². The zero-order valence-corrected chi connectivity index (χ0v) is 18.7. The van der Waals surface area contributed by atoms with Gasteiger partial charge in [-0.05, 0) is 42.0 Å². The van der Waals surface area contributed by atoms with Crippen LogP contribution in [-0.2, 0) is 6.18 Å². The Morgan fingerprint density at radius 1 is 0.893 bits per heavy atom. The van der Waals surface area contributed by atoms with Crippen molar-refractivity contribution in [3.05, 3.63) is 35.4 Å². The van der Waals surface area contributed by atoms with Gasteiger partial charge < -0.3 is 0 Å². The highest BCUT2D eigenvalue weighted by Gasteiger charge is 2.33. The molecule has 2 heterocycles. The van der Waals surface area contributed by atoms with Crippen molar-refractivity contribution >= 4 is 17.6 Å². The van der Waals surface area contributed by atoms with Crippen LogP contribution >= 0.6 is 0 Å². The van der Waals surface area contributed by atoms with Crippen molar-refractivity contribution in [1.82, 2.24) is 0 Å². The van der Waals surface area contributed by atoms with Crippen LogP contribution in [0.3, 0.4) is 0 Å². The van der Waals surface area contributed by atoms with Crippen molar-refractivity contribution in [2.24, 2.45) is 0 Å². The van der Waals surface area contributed by atoms with Gasteiger partial charge in [-0.15, -0.1) is 0 Å². The van der Waals surface area contributed by atoms with E-state index in [4.69, 9.17) is 0 Å². The third-order valence-electron chi connectivity index (χ3n) is 7.07. The van der Waals surface area contributed by atoms with Crippen molar-refractivity contribution in [3.8, 4) is 0 Å². The molecule has 3 rings (SSSR count). The van der Waals surface area contributed by atoms with E-state index in [0.717, 1.165) is 36.4 Å². The molecule has 2 aliphatic rings. The summed E-state index contributed by atoms with van der Waals surface area (Å²) < 4.78 is 62.8. The predicted molar refractivity (Wildman–Crippen MR) is 110 cm³/mol. The maximum atomic E-state index is 12.7. The van der Waals surface area contributed by atoms with Crippen molar-refractivity contribution in [2.75, 3.05) is 0 Å². The SMILES string of the molecule is FC(F)CCC[Si@H]1CC[C@H]([SiH]2CCC(c3ccc(C(F)(F)F)cc3)CC2)CC1. The van der Waals surface area contributed by atoms with Gasteiger partial charge in [-0.1, -0.05) is 61.6 Å². The Morgan fingerprint density at radius 2 is 1.50 bits per heavy atom. The Bertz CT molecular complexity index is 586. The van der Waals surface area contributed by atoms with E-state index in [0.29, 0.717) is 5.92 Å². The summed E-state index contributed by atoms with van der Waals surface area (Å²) in [5.41, 5.74) is 1.43. The van der Waals surface area contributed by atoms with Crippen molar-refractivity contribution in [2.45, 2.75) is 92.8 Å². The summed E-state index contributed by atoms with van der Waals surface area (Å²) in [5, 5.41) is 0. The third-order valence-corrected chi connectivity index (χ3v) is 14.7. The zero-order chi connectivity index (χ0) is 20.1. The first-order valence-corrected chi connectivity index (χ1v) is 15.5. The van der Waals surface area contributed by atoms with Gasteiger partial charge in [0.15, 0.2) is 0 Å². The lowest BCUT2D eigenvalue weighted by Crippen LogP contribution is -2.30. The average Bonchev–Trinajstić information content (AvgIpc) is 2.68. The third kappa shape index (κ3) is 6.15. The van der Waals surface area contributed by atoms with Gasteiger partial charge in [-0.2, -0.15) is 13.2 Å². The molecule has 2 saturated heterocycles. The number of hydrogen-bond donors (Lipinski definition) is 0. The van der Waals surface area contributed by atoms with E-state index < -0.39 is 35.8 Å². The van der Waals surface area contributed by atoms with E-state index in [9.17, 15) is 22.0 Å². The molecular formula is C21H31F5Si2. The molecular weight excluding hydrogens is 403 g/mol. The topological polar surface area (TPSA) is 0 Å². The Balaban J connectivity index is 1.41. The lowest BCUT2D eigenvalue weighted by atomic mass is 9.93. The lowest BCUT2D eigenvalue weighted by Gasteiger charge is -2.37. The molecule has 0 amide bonds. The smallest absolute Gasteiger partial charge is 0.211 e. The zero-order valence-electron chi connectivity index (χ0n) is 16.4. The Labute approximate surface area is 168 Å². The van der Waals surface area contributed by atoms with Crippen LogP contribution in [0.1, 0.15) is 55.6 Å². The summed E-state index contributed by atoms with van der Waals surface area (Å²) in [6.07, 6.45) is -0.657. The number of hydrogen-bond acceptors (Lipinski definition) is 0. The Hall–Kier alpha value is -0.696. The molecule has 158 valence electrons. The fourth-order valence-corrected chi connectivity index (χ4v) is 13.8. The van der Waals surface area contributed by atoms with Crippen molar-refractivity contribution < 1.29 is 22.0 Å². The van der Waals surface area contributed by atoms with Crippen LogP contribution in [-0.4, -0.2) is 24.0 Å². The number of benzene rings is 1. The highest BCUT2D eigenvalue weighted by Crippen LogP contribution is 2.43. The summed E-state index contributed by atoms with van der Waals surface area (Å²) in [5.74, 6) is 0.422. The van der Waals surface area contributed by atoms with E-state index in [-0.39, 0.29) is 6.42 Å². The highest BCUT2D eigenvalue weighted by atomic mass is 28.3. The van der Waals surface area contributed by atoms with Crippen LogP contribution in [0, 0.1) is 0 Å². The van der Waals surface area contributed by atoms with Gasteiger partial charge >= 0.3 is 6.18 Å². The van der Waals surface area contributed by atoms with Gasteiger partial charge in [0.2, 0.25) is 6.43 Å². The first-order chi connectivity index (χ1) is 13.3. The molecule has 1 aromatic rings. The molecule has 0 radical (unpaired) electrons. The minimum absolute atomic E-state index is 0.0790. The highest BCUT2D eigenvalue weighted by molar-refractivity contribution is 6.63. The second-order valence-electron chi connectivity index (χ2n) is 8.83. The molecule has 0 N–H and O–H groups in total. The fraction of sp³-hybridized carbons (Fsp3) is 0.714. The Kier molecular flexibility index (Phi) is 7.76. The van der Waals surface area contributed by atoms with E-state index in [2.05, 4.69) is 0 Å². The van der Waals surface area contributed by atoms with Gasteiger partial charge in [-0.25, -0.2) is 8.78 Å². The number of rotatable bonds is 6. The normalized spacial score (nSPS) is 29.2. The van der Waals surface area contributed by atoms with Crippen LogP contribution < -0.4 is 0 Å². The van der Waals surface area contributed by atoms with Gasteiger partial charge in [0, 0.05) is 24.0 Å². The summed E-state index contributed by atoms with van der Waals surface area (Å²) in [6.45, 7) is 0. The van der Waals surface area contributed by atoms with E-state index in [1.54, 1.807) is 12.1 Å². The van der Waals surface area contributed by atoms with Gasteiger partial charge in [0.25, 0.3) is 0 Å². The minimum Gasteiger partial charge on any atom is -0.211 e. The van der Waals surface area contributed by atoms with Crippen LogP contribution in [0.5, 0.6) is 0 Å². The standard InChI is InChI=1S/C21H31F5Si2/c22-20(23)2-1-11-27-12-9-19(10-13-27)28-14-7-17(8-15-28)16-3-5-18(6-4-16)21(24,25)26/h3-6,17,19-20,27-28H,1-2,7-15H2/t17?,19-,27-,28?. The molecule has 0 atom stereocenters. The van der Waals surface area contributed by atoms with Crippen LogP contribution in [0.15, 0.2) is 24.3 Å². The van der Waals surface area contributed by atoms with Crippen molar-refractivity contribution in [3.63, 3.8) is 0 Å². The molecule has 0 nitrogen and oxygen atoms in total. The largest absolute Gasteiger partial charge is 0.416 e. The first kappa shape index (κ1) is 22.0. The molecule has 0 saturated carbocycles. The maximum absolute atomic E-state index is 12.7. The van der Waals surface area contributed by atoms with Crippen LogP contribution in [0.25, 0.3) is 0 Å². The van der Waals surface area contributed by atoms with E-state index >= 15 is 0 Å². The fourth-order valence-electron chi connectivity index (χ4n) is 5.38. The molecule has 2 fully saturated rings. The maximum Gasteiger partial charge on any atom is 0.416 e. The molecule has 0 aromatic heterocycles. The van der Waals surface area contributed by atoms with E-state index in [1.165, 1.54) is 49.2 Å². The molecule has 1 aromatic carbocycles. The molecule has 2 aliphatic heterocycles. The second-order valence-corrected chi connectivity index (χ2v) is 15.9. The number of alkyl halides is 5. The molecule has 28 heavy (non-hydrogen) atoms. The van der Waals surface area contributed by atoms with Crippen LogP contribution in [0.2, 0.25) is 35.8 Å². The molecule has 0 spiro atoms. The van der Waals surface area contributed by atoms with E-state index in [1.807, 2.05) is 0 Å². The first-order valence-electron chi connectivity index (χ1n) is 10.8. The summed E-state index contributed by atoms with van der Waals surface area (Å²) in [4.78, 5) is 0. The molecule has 7 heteroatoms. The predicted octanol–water partition coefficient (Wildman–Crippen LogP) is 7.25. The Morgan fingerprint density at radius 3 is 2.04 bits per heavy atom. The summed E-state index contributed by atoms with van der Waals surface area (Å²) >= 11 is 0. The molecule has 0 bridgehead atoms. The summed E-state index contributed by atoms with van der Waals surface area (Å²) in [6, 6.07) is 12.2. The van der Waals surface area contributed by atoms with Crippen LogP contribution in [0.4, 0.5) is 22.0 Å². The van der Waals surface area contributed by atoms with Crippen molar-refractivity contribution in [1.29, 1.82) is 0 Å².